The average molecular weight is 349 g/mol. The summed E-state index contributed by atoms with van der Waals surface area (Å²) >= 11 is 3.39. The zero-order valence-electron chi connectivity index (χ0n) is 11.5. The van der Waals surface area contributed by atoms with E-state index in [4.69, 9.17) is 0 Å². The number of carbonyl (C=O) groups excluding carboxylic acids is 2. The molecule has 0 unspecified atom stereocenters. The molecular formula is C15H13BrN2O3. The summed E-state index contributed by atoms with van der Waals surface area (Å²) in [4.78, 5) is 27.9. The van der Waals surface area contributed by atoms with Crippen molar-refractivity contribution in [2.45, 2.75) is 6.92 Å². The summed E-state index contributed by atoms with van der Waals surface area (Å²) in [5.74, 6) is -0.932. The lowest BCUT2D eigenvalue weighted by Gasteiger charge is -2.10. The Bertz CT molecular complexity index is 701. The Hall–Kier alpha value is -2.21. The van der Waals surface area contributed by atoms with Crippen LogP contribution < -0.4 is 5.32 Å². The molecule has 2 rings (SSSR count). The number of nitrogens with one attached hydrogen (secondary N) is 1. The zero-order valence-corrected chi connectivity index (χ0v) is 13.1. The third-order valence-electron chi connectivity index (χ3n) is 2.87. The van der Waals surface area contributed by atoms with Gasteiger partial charge in [0.1, 0.15) is 0 Å². The van der Waals surface area contributed by atoms with Gasteiger partial charge in [0.05, 0.1) is 18.4 Å². The lowest BCUT2D eigenvalue weighted by molar-refractivity contribution is 0.0595. The molecule has 0 atom stereocenters. The van der Waals surface area contributed by atoms with E-state index in [9.17, 15) is 9.59 Å². The Kier molecular flexibility index (Phi) is 4.70. The Morgan fingerprint density at radius 3 is 2.71 bits per heavy atom. The predicted octanol–water partition coefficient (Wildman–Crippen LogP) is 3.19. The quantitative estimate of drug-likeness (QED) is 0.865. The number of amides is 1. The van der Waals surface area contributed by atoms with Gasteiger partial charge in [-0.2, -0.15) is 0 Å². The first-order valence-electron chi connectivity index (χ1n) is 6.14. The van der Waals surface area contributed by atoms with E-state index in [0.717, 1.165) is 5.56 Å². The van der Waals surface area contributed by atoms with Gasteiger partial charge in [0, 0.05) is 10.7 Å². The van der Waals surface area contributed by atoms with Crippen LogP contribution in [0.25, 0.3) is 0 Å². The molecule has 0 aliphatic carbocycles. The van der Waals surface area contributed by atoms with Crippen molar-refractivity contribution < 1.29 is 14.3 Å². The maximum absolute atomic E-state index is 12.3. The minimum atomic E-state index is -0.603. The van der Waals surface area contributed by atoms with Crippen molar-refractivity contribution in [2.24, 2.45) is 0 Å². The highest BCUT2D eigenvalue weighted by Crippen LogP contribution is 2.23. The first-order valence-corrected chi connectivity index (χ1v) is 6.93. The van der Waals surface area contributed by atoms with Crippen molar-refractivity contribution in [1.82, 2.24) is 4.98 Å². The van der Waals surface area contributed by atoms with Gasteiger partial charge in [-0.1, -0.05) is 12.1 Å². The number of aryl methyl sites for hydroxylation is 1. The number of ether oxygens (including phenoxy) is 1. The van der Waals surface area contributed by atoms with E-state index < -0.39 is 5.97 Å². The number of hydrogen-bond acceptors (Lipinski definition) is 4. The molecule has 0 radical (unpaired) electrons. The topological polar surface area (TPSA) is 68.3 Å². The van der Waals surface area contributed by atoms with Gasteiger partial charge in [-0.05, 0) is 46.6 Å². The molecule has 1 heterocycles. The van der Waals surface area contributed by atoms with Crippen LogP contribution in [0.15, 0.2) is 41.0 Å². The molecule has 0 saturated carbocycles. The van der Waals surface area contributed by atoms with E-state index in [-0.39, 0.29) is 11.6 Å². The number of nitrogens with zero attached hydrogens (tertiary/aromatic N) is 1. The molecule has 21 heavy (non-hydrogen) atoms. The van der Waals surface area contributed by atoms with Crippen molar-refractivity contribution in [3.63, 3.8) is 0 Å². The maximum Gasteiger partial charge on any atom is 0.358 e. The van der Waals surface area contributed by atoms with E-state index >= 15 is 0 Å². The van der Waals surface area contributed by atoms with Crippen molar-refractivity contribution in [2.75, 3.05) is 12.4 Å². The second-order valence-corrected chi connectivity index (χ2v) is 5.07. The number of halogens is 1. The monoisotopic (exact) mass is 348 g/mol. The van der Waals surface area contributed by atoms with E-state index in [2.05, 4.69) is 31.0 Å². The summed E-state index contributed by atoms with van der Waals surface area (Å²) < 4.78 is 5.36. The highest BCUT2D eigenvalue weighted by atomic mass is 79.9. The number of rotatable bonds is 3. The highest BCUT2D eigenvalue weighted by Gasteiger charge is 2.17. The van der Waals surface area contributed by atoms with Crippen molar-refractivity contribution >= 4 is 33.5 Å². The number of hydrogen-bond donors (Lipinski definition) is 1. The van der Waals surface area contributed by atoms with Gasteiger partial charge in [0.15, 0.2) is 5.69 Å². The number of aromatic nitrogens is 1. The largest absolute Gasteiger partial charge is 0.464 e. The minimum absolute atomic E-state index is 0.0668. The summed E-state index contributed by atoms with van der Waals surface area (Å²) in [6.07, 6.45) is 1.46. The molecule has 0 spiro atoms. The number of pyridine rings is 1. The molecular weight excluding hydrogens is 336 g/mol. The number of methoxy groups -OCH3 is 1. The highest BCUT2D eigenvalue weighted by molar-refractivity contribution is 9.10. The Balaban J connectivity index is 2.32. The summed E-state index contributed by atoms with van der Waals surface area (Å²) in [5, 5.41) is 2.68. The molecule has 0 fully saturated rings. The van der Waals surface area contributed by atoms with Crippen LogP contribution in [-0.4, -0.2) is 24.0 Å². The molecule has 0 bridgehead atoms. The fourth-order valence-corrected chi connectivity index (χ4v) is 2.22. The third-order valence-corrected chi connectivity index (χ3v) is 3.92. The van der Waals surface area contributed by atoms with Gasteiger partial charge < -0.3 is 10.1 Å². The van der Waals surface area contributed by atoms with Crippen LogP contribution in [0.2, 0.25) is 0 Å². The van der Waals surface area contributed by atoms with E-state index in [1.807, 2.05) is 13.0 Å². The number of carbonyl (C=O) groups is 2. The van der Waals surface area contributed by atoms with Crippen molar-refractivity contribution in [1.29, 1.82) is 0 Å². The normalized spacial score (nSPS) is 10.0. The van der Waals surface area contributed by atoms with Crippen LogP contribution in [0.5, 0.6) is 0 Å². The van der Waals surface area contributed by atoms with E-state index in [0.29, 0.717) is 15.7 Å². The van der Waals surface area contributed by atoms with Crippen LogP contribution in [0.3, 0.4) is 0 Å². The standard InChI is InChI=1S/C15H13BrN2O3/c1-9-5-3-6-10(12(9)16)14(19)18-11-7-4-8-17-13(11)15(20)21-2/h3-8H,1-2H3,(H,18,19). The van der Waals surface area contributed by atoms with Crippen LogP contribution in [0, 0.1) is 6.92 Å². The van der Waals surface area contributed by atoms with Gasteiger partial charge >= 0.3 is 5.97 Å². The lowest BCUT2D eigenvalue weighted by Crippen LogP contribution is -2.17. The van der Waals surface area contributed by atoms with E-state index in [1.165, 1.54) is 13.3 Å². The van der Waals surface area contributed by atoms with Gasteiger partial charge in [0.2, 0.25) is 0 Å². The Morgan fingerprint density at radius 1 is 1.24 bits per heavy atom. The first-order chi connectivity index (χ1) is 10.0. The van der Waals surface area contributed by atoms with E-state index in [1.54, 1.807) is 24.3 Å². The second-order valence-electron chi connectivity index (χ2n) is 4.28. The van der Waals surface area contributed by atoms with Crippen molar-refractivity contribution in [3.8, 4) is 0 Å². The van der Waals surface area contributed by atoms with Gasteiger partial charge in [0.25, 0.3) is 5.91 Å². The smallest absolute Gasteiger partial charge is 0.358 e. The molecule has 1 N–H and O–H groups in total. The van der Waals surface area contributed by atoms with Gasteiger partial charge in [-0.3, -0.25) is 4.79 Å². The van der Waals surface area contributed by atoms with Gasteiger partial charge in [-0.15, -0.1) is 0 Å². The van der Waals surface area contributed by atoms with Crippen LogP contribution in [0.4, 0.5) is 5.69 Å². The third kappa shape index (κ3) is 3.28. The summed E-state index contributed by atoms with van der Waals surface area (Å²) in [7, 11) is 1.26. The van der Waals surface area contributed by atoms with Crippen LogP contribution in [-0.2, 0) is 4.74 Å². The number of anilines is 1. The molecule has 6 heteroatoms. The molecule has 0 aliphatic heterocycles. The minimum Gasteiger partial charge on any atom is -0.464 e. The summed E-state index contributed by atoms with van der Waals surface area (Å²) in [6, 6.07) is 8.61. The predicted molar refractivity (Wildman–Crippen MR) is 82.4 cm³/mol. The molecule has 0 saturated heterocycles. The Labute approximate surface area is 130 Å². The zero-order chi connectivity index (χ0) is 15.4. The Morgan fingerprint density at radius 2 is 2.00 bits per heavy atom. The molecule has 108 valence electrons. The molecule has 1 amide bonds. The van der Waals surface area contributed by atoms with Crippen LogP contribution in [0.1, 0.15) is 26.4 Å². The molecule has 1 aromatic carbocycles. The molecule has 1 aromatic heterocycles. The SMILES string of the molecule is COC(=O)c1ncccc1NC(=O)c1cccc(C)c1Br. The fourth-order valence-electron chi connectivity index (χ4n) is 1.78. The maximum atomic E-state index is 12.3. The fraction of sp³-hybridized carbons (Fsp3) is 0.133. The van der Waals surface area contributed by atoms with Crippen molar-refractivity contribution in [3.05, 3.63) is 57.8 Å². The summed E-state index contributed by atoms with van der Waals surface area (Å²) in [6.45, 7) is 1.89. The molecule has 5 nitrogen and oxygen atoms in total. The molecule has 0 aliphatic rings. The second kappa shape index (κ2) is 6.49. The number of esters is 1. The molecule has 2 aromatic rings. The first kappa shape index (κ1) is 15.2. The number of benzene rings is 1. The van der Waals surface area contributed by atoms with Gasteiger partial charge in [-0.25, -0.2) is 9.78 Å². The van der Waals surface area contributed by atoms with Crippen LogP contribution >= 0.6 is 15.9 Å². The lowest BCUT2D eigenvalue weighted by atomic mass is 10.1. The summed E-state index contributed by atoms with van der Waals surface area (Å²) in [5.41, 5.74) is 1.80. The average Bonchev–Trinajstić information content (AvgIpc) is 2.49.